The van der Waals surface area contributed by atoms with Crippen LogP contribution in [0.4, 0.5) is 19.0 Å². The maximum absolute atomic E-state index is 12.0. The van der Waals surface area contributed by atoms with E-state index >= 15 is 0 Å². The van der Waals surface area contributed by atoms with Crippen molar-refractivity contribution in [2.24, 2.45) is 0 Å². The molecule has 0 atom stereocenters. The van der Waals surface area contributed by atoms with Gasteiger partial charge in [0.05, 0.1) is 5.69 Å². The van der Waals surface area contributed by atoms with Crippen LogP contribution in [0.5, 0.6) is 5.75 Å². The number of alkyl halides is 4. The number of anilines is 1. The second-order valence-electron chi connectivity index (χ2n) is 2.80. The number of rotatable bonds is 2. The first-order chi connectivity index (χ1) is 6.83. The van der Waals surface area contributed by atoms with Gasteiger partial charge in [-0.3, -0.25) is 0 Å². The van der Waals surface area contributed by atoms with Gasteiger partial charge in [-0.25, -0.2) is 4.98 Å². The number of nitrogens with two attached hydrogens (primary N) is 1. The van der Waals surface area contributed by atoms with Gasteiger partial charge in [0.15, 0.2) is 5.75 Å². The summed E-state index contributed by atoms with van der Waals surface area (Å²) < 4.78 is 40.0. The van der Waals surface area contributed by atoms with Crippen LogP contribution in [-0.4, -0.2) is 11.3 Å². The highest BCUT2D eigenvalue weighted by Gasteiger charge is 2.33. The third kappa shape index (κ3) is 3.26. The number of nitrogens with zero attached hydrogens (tertiary/aromatic N) is 1. The van der Waals surface area contributed by atoms with E-state index in [1.165, 1.54) is 13.0 Å². The summed E-state index contributed by atoms with van der Waals surface area (Å²) in [6, 6.07) is 1.34. The Morgan fingerprint density at radius 2 is 2.13 bits per heavy atom. The van der Waals surface area contributed by atoms with Gasteiger partial charge in [-0.15, -0.1) is 13.2 Å². The second kappa shape index (κ2) is 4.26. The zero-order valence-electron chi connectivity index (χ0n) is 7.73. The molecule has 0 aliphatic heterocycles. The third-order valence-electron chi connectivity index (χ3n) is 1.60. The molecular formula is C8H8BrF3N2O. The highest BCUT2D eigenvalue weighted by Crippen LogP contribution is 2.31. The minimum atomic E-state index is -4.72. The summed E-state index contributed by atoms with van der Waals surface area (Å²) in [7, 11) is 0. The smallest absolute Gasteiger partial charge is 0.404 e. The highest BCUT2D eigenvalue weighted by molar-refractivity contribution is 9.08. The lowest BCUT2D eigenvalue weighted by atomic mass is 10.2. The Labute approximate surface area is 92.6 Å². The Morgan fingerprint density at radius 3 is 2.60 bits per heavy atom. The van der Waals surface area contributed by atoms with Gasteiger partial charge in [0.2, 0.25) is 0 Å². The Hall–Kier alpha value is -0.980. The molecule has 84 valence electrons. The van der Waals surface area contributed by atoms with Crippen molar-refractivity contribution in [1.82, 2.24) is 4.98 Å². The average Bonchev–Trinajstić information content (AvgIpc) is 2.07. The van der Waals surface area contributed by atoms with E-state index in [9.17, 15) is 13.2 Å². The molecular weight excluding hydrogens is 277 g/mol. The van der Waals surface area contributed by atoms with Gasteiger partial charge in [-0.1, -0.05) is 15.9 Å². The highest BCUT2D eigenvalue weighted by atomic mass is 79.9. The van der Waals surface area contributed by atoms with Gasteiger partial charge >= 0.3 is 6.36 Å². The molecule has 15 heavy (non-hydrogen) atoms. The first-order valence-electron chi connectivity index (χ1n) is 3.91. The molecule has 1 rings (SSSR count). The molecule has 0 saturated carbocycles. The lowest BCUT2D eigenvalue weighted by Crippen LogP contribution is -2.19. The van der Waals surface area contributed by atoms with Gasteiger partial charge in [0.1, 0.15) is 5.82 Å². The largest absolute Gasteiger partial charge is 0.573 e. The Kier molecular flexibility index (Phi) is 3.43. The van der Waals surface area contributed by atoms with Crippen molar-refractivity contribution in [3.05, 3.63) is 17.3 Å². The van der Waals surface area contributed by atoms with Crippen LogP contribution in [-0.2, 0) is 5.33 Å². The van der Waals surface area contributed by atoms with Crippen molar-refractivity contribution in [3.63, 3.8) is 0 Å². The van der Waals surface area contributed by atoms with Crippen molar-refractivity contribution in [3.8, 4) is 5.75 Å². The molecule has 1 heterocycles. The zero-order chi connectivity index (χ0) is 11.6. The van der Waals surface area contributed by atoms with Crippen molar-refractivity contribution in [2.75, 3.05) is 5.73 Å². The fraction of sp³-hybridized carbons (Fsp3) is 0.375. The average molecular weight is 285 g/mol. The first kappa shape index (κ1) is 12.1. The summed E-state index contributed by atoms with van der Waals surface area (Å²) in [5.74, 6) is -0.134. The maximum atomic E-state index is 12.0. The van der Waals surface area contributed by atoms with Crippen molar-refractivity contribution in [2.45, 2.75) is 18.6 Å². The Bertz CT molecular complexity index is 368. The molecule has 0 unspecified atom stereocenters. The molecule has 0 fully saturated rings. The van der Waals surface area contributed by atoms with Crippen LogP contribution < -0.4 is 10.5 Å². The van der Waals surface area contributed by atoms with E-state index in [1.54, 1.807) is 0 Å². The summed E-state index contributed by atoms with van der Waals surface area (Å²) in [5.41, 5.74) is 5.83. The van der Waals surface area contributed by atoms with Gasteiger partial charge in [0.25, 0.3) is 0 Å². The minimum absolute atomic E-state index is 0.113. The number of aryl methyl sites for hydroxylation is 1. The molecule has 3 nitrogen and oxygen atoms in total. The minimum Gasteiger partial charge on any atom is -0.404 e. The number of hydrogen-bond acceptors (Lipinski definition) is 3. The Balaban J connectivity index is 3.15. The number of aromatic nitrogens is 1. The molecule has 1 aromatic heterocycles. The van der Waals surface area contributed by atoms with Crippen molar-refractivity contribution >= 4 is 21.7 Å². The summed E-state index contributed by atoms with van der Waals surface area (Å²) in [4.78, 5) is 3.70. The topological polar surface area (TPSA) is 48.1 Å². The fourth-order valence-electron chi connectivity index (χ4n) is 1.11. The lowest BCUT2D eigenvalue weighted by molar-refractivity contribution is -0.275. The molecule has 7 heteroatoms. The van der Waals surface area contributed by atoms with E-state index in [0.29, 0.717) is 5.56 Å². The third-order valence-corrected chi connectivity index (χ3v) is 2.21. The van der Waals surface area contributed by atoms with E-state index < -0.39 is 6.36 Å². The maximum Gasteiger partial charge on any atom is 0.573 e. The molecule has 1 aromatic rings. The normalized spacial score (nSPS) is 11.5. The fourth-order valence-corrected chi connectivity index (χ4v) is 1.52. The van der Waals surface area contributed by atoms with Crippen molar-refractivity contribution < 1.29 is 17.9 Å². The lowest BCUT2D eigenvalue weighted by Gasteiger charge is -2.14. The van der Waals surface area contributed by atoms with Crippen LogP contribution in [0.25, 0.3) is 0 Å². The standard InChI is InChI=1S/C8H8BrF3N2O/c1-4-7(15-8(10,11)12)5(3-9)2-6(13)14-4/h2H,3H2,1H3,(H2,13,14). The number of nitrogen functional groups attached to an aromatic ring is 1. The number of ether oxygens (including phenoxy) is 1. The molecule has 0 aromatic carbocycles. The van der Waals surface area contributed by atoms with Crippen LogP contribution in [0, 0.1) is 6.92 Å². The van der Waals surface area contributed by atoms with Crippen LogP contribution in [0.3, 0.4) is 0 Å². The molecule has 0 amide bonds. The predicted molar refractivity (Wildman–Crippen MR) is 52.7 cm³/mol. The van der Waals surface area contributed by atoms with Crippen molar-refractivity contribution in [1.29, 1.82) is 0 Å². The van der Waals surface area contributed by atoms with Gasteiger partial charge < -0.3 is 10.5 Å². The summed E-state index contributed by atoms with van der Waals surface area (Å²) in [6.45, 7) is 1.41. The molecule has 0 radical (unpaired) electrons. The van der Waals surface area contributed by atoms with Crippen LogP contribution in [0.1, 0.15) is 11.3 Å². The monoisotopic (exact) mass is 284 g/mol. The Morgan fingerprint density at radius 1 is 1.53 bits per heavy atom. The molecule has 0 aliphatic rings. The summed E-state index contributed by atoms with van der Waals surface area (Å²) >= 11 is 3.05. The zero-order valence-corrected chi connectivity index (χ0v) is 9.32. The van der Waals surface area contributed by atoms with E-state index in [4.69, 9.17) is 5.73 Å². The van der Waals surface area contributed by atoms with Gasteiger partial charge in [0, 0.05) is 10.9 Å². The van der Waals surface area contributed by atoms with Gasteiger partial charge in [-0.2, -0.15) is 0 Å². The summed E-state index contributed by atoms with van der Waals surface area (Å²) in [5, 5.41) is 0.214. The number of pyridine rings is 1. The van der Waals surface area contributed by atoms with E-state index in [1.807, 2.05) is 0 Å². The van der Waals surface area contributed by atoms with Gasteiger partial charge in [-0.05, 0) is 13.0 Å². The molecule has 0 bridgehead atoms. The summed E-state index contributed by atoms with van der Waals surface area (Å²) in [6.07, 6.45) is -4.72. The molecule has 0 aliphatic carbocycles. The van der Waals surface area contributed by atoms with Crippen LogP contribution in [0.2, 0.25) is 0 Å². The van der Waals surface area contributed by atoms with Crippen LogP contribution >= 0.6 is 15.9 Å². The number of hydrogen-bond donors (Lipinski definition) is 1. The van der Waals surface area contributed by atoms with Crippen LogP contribution in [0.15, 0.2) is 6.07 Å². The molecule has 0 spiro atoms. The quantitative estimate of drug-likeness (QED) is 0.850. The SMILES string of the molecule is Cc1nc(N)cc(CBr)c1OC(F)(F)F. The van der Waals surface area contributed by atoms with E-state index in [0.717, 1.165) is 0 Å². The van der Waals surface area contributed by atoms with E-state index in [-0.39, 0.29) is 22.6 Å². The molecule has 0 saturated heterocycles. The predicted octanol–water partition coefficient (Wildman–Crippen LogP) is 2.77. The second-order valence-corrected chi connectivity index (χ2v) is 3.36. The van der Waals surface area contributed by atoms with E-state index in [2.05, 4.69) is 25.7 Å². The number of halogens is 4. The molecule has 2 N–H and O–H groups in total. The first-order valence-corrected chi connectivity index (χ1v) is 5.03.